The molecule has 0 unspecified atom stereocenters. The number of hydrogen-bond donors (Lipinski definition) is 1. The maximum absolute atomic E-state index is 13.1. The maximum atomic E-state index is 13.1. The van der Waals surface area contributed by atoms with Crippen molar-refractivity contribution in [3.63, 3.8) is 0 Å². The predicted molar refractivity (Wildman–Crippen MR) is 106 cm³/mol. The summed E-state index contributed by atoms with van der Waals surface area (Å²) in [5.41, 5.74) is 0. The fourth-order valence-electron chi connectivity index (χ4n) is 4.07. The Morgan fingerprint density at radius 1 is 1.04 bits per heavy atom. The molecule has 1 atom stereocenters. The summed E-state index contributed by atoms with van der Waals surface area (Å²) in [5.74, 6) is 0.529. The molecule has 1 aromatic carbocycles. The summed E-state index contributed by atoms with van der Waals surface area (Å²) in [6, 6.07) is 4.81. The standard InChI is InChI=1S/C20H30N2O5S/c1-26-18-11-10-17(13-19(18)27-2)28(24,25)22-12-6-7-15(14-22)20(23)21-16-8-4-3-5-9-16/h10-11,13,15-16H,3-9,12,14H2,1-2H3,(H,21,23)/t15-/m0/s1. The average molecular weight is 411 g/mol. The Hall–Kier alpha value is -1.80. The second kappa shape index (κ2) is 9.13. The summed E-state index contributed by atoms with van der Waals surface area (Å²) >= 11 is 0. The highest BCUT2D eigenvalue weighted by Crippen LogP contribution is 2.32. The van der Waals surface area contributed by atoms with Gasteiger partial charge in [0.2, 0.25) is 15.9 Å². The summed E-state index contributed by atoms with van der Waals surface area (Å²) in [6.45, 7) is 0.638. The van der Waals surface area contributed by atoms with Crippen molar-refractivity contribution in [2.45, 2.75) is 55.9 Å². The lowest BCUT2D eigenvalue weighted by atomic mass is 9.93. The Labute approximate surface area is 167 Å². The zero-order valence-electron chi connectivity index (χ0n) is 16.6. The Bertz CT molecular complexity index is 790. The van der Waals surface area contributed by atoms with Crippen molar-refractivity contribution in [3.05, 3.63) is 18.2 Å². The molecule has 3 rings (SSSR count). The number of hydrogen-bond acceptors (Lipinski definition) is 5. The number of nitrogens with zero attached hydrogens (tertiary/aromatic N) is 1. The fourth-order valence-corrected chi connectivity index (χ4v) is 5.61. The van der Waals surface area contributed by atoms with Crippen LogP contribution in [0.5, 0.6) is 11.5 Å². The lowest BCUT2D eigenvalue weighted by Gasteiger charge is -2.33. The van der Waals surface area contributed by atoms with E-state index in [1.54, 1.807) is 6.07 Å². The first-order chi connectivity index (χ1) is 13.5. The second-order valence-electron chi connectivity index (χ2n) is 7.56. The normalized spacial score (nSPS) is 21.9. The summed E-state index contributed by atoms with van der Waals surface area (Å²) in [6.07, 6.45) is 6.96. The van der Waals surface area contributed by atoms with E-state index in [1.165, 1.54) is 37.1 Å². The Kier molecular flexibility index (Phi) is 6.82. The predicted octanol–water partition coefficient (Wildman–Crippen LogP) is 2.55. The number of piperidine rings is 1. The van der Waals surface area contributed by atoms with Gasteiger partial charge >= 0.3 is 0 Å². The Morgan fingerprint density at radius 3 is 2.43 bits per heavy atom. The maximum Gasteiger partial charge on any atom is 0.243 e. The lowest BCUT2D eigenvalue weighted by molar-refractivity contribution is -0.127. The minimum Gasteiger partial charge on any atom is -0.493 e. The van der Waals surface area contributed by atoms with E-state index in [2.05, 4.69) is 5.32 Å². The van der Waals surface area contributed by atoms with Crippen molar-refractivity contribution in [3.8, 4) is 11.5 Å². The van der Waals surface area contributed by atoms with Gasteiger partial charge in [-0.05, 0) is 37.8 Å². The molecular formula is C20H30N2O5S. The van der Waals surface area contributed by atoms with Crippen LogP contribution in [0.25, 0.3) is 0 Å². The van der Waals surface area contributed by atoms with Gasteiger partial charge in [-0.25, -0.2) is 8.42 Å². The zero-order valence-corrected chi connectivity index (χ0v) is 17.5. The number of benzene rings is 1. The molecule has 1 aliphatic carbocycles. The molecule has 2 fully saturated rings. The van der Waals surface area contributed by atoms with Crippen molar-refractivity contribution >= 4 is 15.9 Å². The third kappa shape index (κ3) is 4.60. The van der Waals surface area contributed by atoms with Gasteiger partial charge in [-0.15, -0.1) is 0 Å². The fraction of sp³-hybridized carbons (Fsp3) is 0.650. The van der Waals surface area contributed by atoms with E-state index in [0.717, 1.165) is 32.1 Å². The number of methoxy groups -OCH3 is 2. The van der Waals surface area contributed by atoms with E-state index in [1.807, 2.05) is 0 Å². The second-order valence-corrected chi connectivity index (χ2v) is 9.50. The van der Waals surface area contributed by atoms with Crippen LogP contribution in [0, 0.1) is 5.92 Å². The minimum atomic E-state index is -3.70. The molecule has 2 aliphatic rings. The van der Waals surface area contributed by atoms with Gasteiger partial charge in [-0.2, -0.15) is 4.31 Å². The third-order valence-corrected chi connectivity index (χ3v) is 7.56. The number of amides is 1. The molecule has 7 nitrogen and oxygen atoms in total. The quantitative estimate of drug-likeness (QED) is 0.779. The van der Waals surface area contributed by atoms with Crippen molar-refractivity contribution < 1.29 is 22.7 Å². The van der Waals surface area contributed by atoms with Gasteiger partial charge in [0, 0.05) is 25.2 Å². The van der Waals surface area contributed by atoms with E-state index in [-0.39, 0.29) is 29.3 Å². The molecule has 1 heterocycles. The van der Waals surface area contributed by atoms with Crippen LogP contribution in [0.15, 0.2) is 23.1 Å². The van der Waals surface area contributed by atoms with Gasteiger partial charge < -0.3 is 14.8 Å². The van der Waals surface area contributed by atoms with Crippen LogP contribution < -0.4 is 14.8 Å². The highest BCUT2D eigenvalue weighted by Gasteiger charge is 2.34. The summed E-state index contributed by atoms with van der Waals surface area (Å²) < 4.78 is 38.1. The zero-order chi connectivity index (χ0) is 20.1. The molecule has 1 aliphatic heterocycles. The third-order valence-electron chi connectivity index (χ3n) is 5.70. The van der Waals surface area contributed by atoms with E-state index >= 15 is 0 Å². The van der Waals surface area contributed by atoms with Crippen LogP contribution in [0.3, 0.4) is 0 Å². The largest absolute Gasteiger partial charge is 0.493 e. The number of ether oxygens (including phenoxy) is 2. The SMILES string of the molecule is COc1ccc(S(=O)(=O)N2CCC[C@H](C(=O)NC3CCCCC3)C2)cc1OC. The Morgan fingerprint density at radius 2 is 1.75 bits per heavy atom. The van der Waals surface area contributed by atoms with Crippen molar-refractivity contribution in [1.82, 2.24) is 9.62 Å². The van der Waals surface area contributed by atoms with Crippen molar-refractivity contribution in [2.75, 3.05) is 27.3 Å². The monoisotopic (exact) mass is 410 g/mol. The molecule has 1 saturated heterocycles. The first kappa shape index (κ1) is 20.9. The van der Waals surface area contributed by atoms with Crippen molar-refractivity contribution in [2.24, 2.45) is 5.92 Å². The Balaban J connectivity index is 1.71. The molecule has 8 heteroatoms. The molecule has 0 radical (unpaired) electrons. The molecule has 1 saturated carbocycles. The van der Waals surface area contributed by atoms with E-state index in [0.29, 0.717) is 24.5 Å². The van der Waals surface area contributed by atoms with Gasteiger partial charge in [0.15, 0.2) is 11.5 Å². The summed E-state index contributed by atoms with van der Waals surface area (Å²) in [7, 11) is -0.722. The summed E-state index contributed by atoms with van der Waals surface area (Å²) in [4.78, 5) is 12.8. The molecular weight excluding hydrogens is 380 g/mol. The van der Waals surface area contributed by atoms with Crippen LogP contribution in [0.2, 0.25) is 0 Å². The van der Waals surface area contributed by atoms with Crippen LogP contribution in [-0.2, 0) is 14.8 Å². The van der Waals surface area contributed by atoms with Crippen LogP contribution in [0.4, 0.5) is 0 Å². The molecule has 156 valence electrons. The topological polar surface area (TPSA) is 84.9 Å². The molecule has 1 N–H and O–H groups in total. The number of carbonyl (C=O) groups is 1. The number of sulfonamides is 1. The highest BCUT2D eigenvalue weighted by atomic mass is 32.2. The molecule has 0 spiro atoms. The van der Waals surface area contributed by atoms with Gasteiger partial charge in [0.25, 0.3) is 0 Å². The molecule has 0 aromatic heterocycles. The molecule has 1 amide bonds. The van der Waals surface area contributed by atoms with E-state index in [9.17, 15) is 13.2 Å². The van der Waals surface area contributed by atoms with Gasteiger partial charge in [-0.1, -0.05) is 19.3 Å². The van der Waals surface area contributed by atoms with Crippen molar-refractivity contribution in [1.29, 1.82) is 0 Å². The average Bonchev–Trinajstić information content (AvgIpc) is 2.74. The van der Waals surface area contributed by atoms with E-state index in [4.69, 9.17) is 9.47 Å². The highest BCUT2D eigenvalue weighted by molar-refractivity contribution is 7.89. The number of carbonyl (C=O) groups excluding carboxylic acids is 1. The van der Waals surface area contributed by atoms with Gasteiger partial charge in [0.1, 0.15) is 0 Å². The van der Waals surface area contributed by atoms with E-state index < -0.39 is 10.0 Å². The first-order valence-corrected chi connectivity index (χ1v) is 11.4. The van der Waals surface area contributed by atoms with Crippen LogP contribution in [0.1, 0.15) is 44.9 Å². The smallest absolute Gasteiger partial charge is 0.243 e. The van der Waals surface area contributed by atoms with Crippen LogP contribution in [-0.4, -0.2) is 52.0 Å². The number of nitrogens with one attached hydrogen (secondary N) is 1. The lowest BCUT2D eigenvalue weighted by Crippen LogP contribution is -2.47. The molecule has 1 aromatic rings. The molecule has 0 bridgehead atoms. The molecule has 28 heavy (non-hydrogen) atoms. The number of rotatable bonds is 6. The van der Waals surface area contributed by atoms with Gasteiger partial charge in [0.05, 0.1) is 25.0 Å². The summed E-state index contributed by atoms with van der Waals surface area (Å²) in [5, 5.41) is 3.14. The van der Waals surface area contributed by atoms with Gasteiger partial charge in [-0.3, -0.25) is 4.79 Å². The first-order valence-electron chi connectivity index (χ1n) is 9.98. The van der Waals surface area contributed by atoms with Crippen LogP contribution >= 0.6 is 0 Å². The minimum absolute atomic E-state index is 0.0147.